The van der Waals surface area contributed by atoms with Crippen molar-refractivity contribution in [2.24, 2.45) is 5.16 Å². The minimum atomic E-state index is -0.261. The Labute approximate surface area is 197 Å². The van der Waals surface area contributed by atoms with E-state index in [0.29, 0.717) is 30.4 Å². The molecular formula is C24H27FN8O. The molecule has 34 heavy (non-hydrogen) atoms. The summed E-state index contributed by atoms with van der Waals surface area (Å²) in [7, 11) is 4.02. The standard InChI is InChI=1S/C24H27FN8O/c1-32(2)9-4-10-34-30-14-21-23(26)27-16-28-24(21)31-20-7-8-22-18(12-20)13-29-33(22)15-17-5-3-6-19(25)11-17/h3,5-8,11-14,16H,4,9-10,15H2,1-2H3,(H3,26,27,28,31). The quantitative estimate of drug-likeness (QED) is 0.210. The van der Waals surface area contributed by atoms with Crippen LogP contribution in [0.15, 0.2) is 60.1 Å². The molecule has 2 heterocycles. The summed E-state index contributed by atoms with van der Waals surface area (Å²) in [6.45, 7) is 1.90. The molecule has 4 rings (SSSR count). The molecule has 4 aromatic rings. The summed E-state index contributed by atoms with van der Waals surface area (Å²) in [6.07, 6.45) is 5.55. The van der Waals surface area contributed by atoms with Crippen LogP contribution in [0.1, 0.15) is 17.5 Å². The largest absolute Gasteiger partial charge is 0.396 e. The van der Waals surface area contributed by atoms with Crippen LogP contribution in [-0.4, -0.2) is 58.1 Å². The Morgan fingerprint density at radius 1 is 1.21 bits per heavy atom. The monoisotopic (exact) mass is 462 g/mol. The van der Waals surface area contributed by atoms with Crippen LogP contribution in [0.3, 0.4) is 0 Å². The molecule has 176 valence electrons. The number of fused-ring (bicyclic) bond motifs is 1. The van der Waals surface area contributed by atoms with Crippen LogP contribution >= 0.6 is 0 Å². The van der Waals surface area contributed by atoms with Gasteiger partial charge in [-0.3, -0.25) is 4.68 Å². The van der Waals surface area contributed by atoms with Gasteiger partial charge in [-0.15, -0.1) is 0 Å². The lowest BCUT2D eigenvalue weighted by atomic mass is 10.2. The van der Waals surface area contributed by atoms with Crippen LogP contribution in [0.5, 0.6) is 0 Å². The second-order valence-corrected chi connectivity index (χ2v) is 8.08. The van der Waals surface area contributed by atoms with Crippen molar-refractivity contribution in [3.8, 4) is 0 Å². The SMILES string of the molecule is CN(C)CCCON=Cc1c(N)ncnc1Nc1ccc2c(cnn2Cc2cccc(F)c2)c1. The van der Waals surface area contributed by atoms with Crippen molar-refractivity contribution in [2.75, 3.05) is 38.3 Å². The first kappa shape index (κ1) is 23.1. The third-order valence-electron chi connectivity index (χ3n) is 5.14. The molecule has 0 aliphatic heterocycles. The fourth-order valence-electron chi connectivity index (χ4n) is 3.46. The number of aromatic nitrogens is 4. The highest BCUT2D eigenvalue weighted by molar-refractivity contribution is 5.93. The number of hydrogen-bond donors (Lipinski definition) is 2. The molecule has 2 aromatic carbocycles. The molecular weight excluding hydrogens is 435 g/mol. The summed E-state index contributed by atoms with van der Waals surface area (Å²) in [6, 6.07) is 12.3. The molecule has 10 heteroatoms. The molecule has 0 amide bonds. The highest BCUT2D eigenvalue weighted by Crippen LogP contribution is 2.24. The Hall–Kier alpha value is -4.05. The lowest BCUT2D eigenvalue weighted by Crippen LogP contribution is -2.14. The van der Waals surface area contributed by atoms with Crippen molar-refractivity contribution in [3.63, 3.8) is 0 Å². The van der Waals surface area contributed by atoms with Crippen molar-refractivity contribution in [2.45, 2.75) is 13.0 Å². The number of rotatable bonds is 10. The van der Waals surface area contributed by atoms with Gasteiger partial charge in [0.25, 0.3) is 0 Å². The van der Waals surface area contributed by atoms with Gasteiger partial charge in [-0.05, 0) is 56.4 Å². The number of hydrogen-bond acceptors (Lipinski definition) is 8. The fourth-order valence-corrected chi connectivity index (χ4v) is 3.46. The molecule has 0 radical (unpaired) electrons. The zero-order chi connectivity index (χ0) is 23.9. The van der Waals surface area contributed by atoms with E-state index < -0.39 is 0 Å². The van der Waals surface area contributed by atoms with E-state index in [2.05, 4.69) is 30.4 Å². The van der Waals surface area contributed by atoms with E-state index in [0.717, 1.165) is 35.1 Å². The van der Waals surface area contributed by atoms with E-state index in [1.807, 2.05) is 43.0 Å². The average Bonchev–Trinajstić information content (AvgIpc) is 3.19. The van der Waals surface area contributed by atoms with Crippen LogP contribution in [0.25, 0.3) is 10.9 Å². The Bertz CT molecular complexity index is 1290. The number of benzene rings is 2. The minimum absolute atomic E-state index is 0.261. The molecule has 2 aromatic heterocycles. The summed E-state index contributed by atoms with van der Waals surface area (Å²) in [4.78, 5) is 15.8. The molecule has 0 aliphatic rings. The summed E-state index contributed by atoms with van der Waals surface area (Å²) in [5, 5.41) is 12.7. The lowest BCUT2D eigenvalue weighted by molar-refractivity contribution is 0.136. The Morgan fingerprint density at radius 3 is 2.91 bits per heavy atom. The first-order chi connectivity index (χ1) is 16.5. The van der Waals surface area contributed by atoms with Gasteiger partial charge < -0.3 is 20.8 Å². The number of oxime groups is 1. The Balaban J connectivity index is 1.48. The predicted molar refractivity (Wildman–Crippen MR) is 132 cm³/mol. The van der Waals surface area contributed by atoms with E-state index >= 15 is 0 Å². The maximum Gasteiger partial charge on any atom is 0.144 e. The Morgan fingerprint density at radius 2 is 2.09 bits per heavy atom. The highest BCUT2D eigenvalue weighted by Gasteiger charge is 2.10. The number of anilines is 3. The van der Waals surface area contributed by atoms with E-state index in [4.69, 9.17) is 10.6 Å². The predicted octanol–water partition coefficient (Wildman–Crippen LogP) is 3.64. The summed E-state index contributed by atoms with van der Waals surface area (Å²) in [5.41, 5.74) is 9.17. The normalized spacial score (nSPS) is 11.5. The molecule has 0 bridgehead atoms. The van der Waals surface area contributed by atoms with Gasteiger partial charge in [0.2, 0.25) is 0 Å². The van der Waals surface area contributed by atoms with Crippen LogP contribution in [-0.2, 0) is 11.4 Å². The fraction of sp³-hybridized carbons (Fsp3) is 0.250. The van der Waals surface area contributed by atoms with Crippen molar-refractivity contribution in [1.82, 2.24) is 24.6 Å². The van der Waals surface area contributed by atoms with E-state index in [1.54, 1.807) is 12.3 Å². The molecule has 0 saturated carbocycles. The van der Waals surface area contributed by atoms with E-state index in [9.17, 15) is 4.39 Å². The second-order valence-electron chi connectivity index (χ2n) is 8.08. The zero-order valence-electron chi connectivity index (χ0n) is 19.1. The lowest BCUT2D eigenvalue weighted by Gasteiger charge is -2.10. The maximum atomic E-state index is 13.5. The van der Waals surface area contributed by atoms with Gasteiger partial charge >= 0.3 is 0 Å². The van der Waals surface area contributed by atoms with Crippen LogP contribution in [0.2, 0.25) is 0 Å². The van der Waals surface area contributed by atoms with Crippen LogP contribution < -0.4 is 11.1 Å². The number of nitrogen functional groups attached to an aromatic ring is 1. The third kappa shape index (κ3) is 5.84. The molecule has 0 unspecified atom stereocenters. The van der Waals surface area contributed by atoms with Crippen molar-refractivity contribution < 1.29 is 9.23 Å². The van der Waals surface area contributed by atoms with Crippen LogP contribution in [0.4, 0.5) is 21.7 Å². The first-order valence-electron chi connectivity index (χ1n) is 10.9. The van der Waals surface area contributed by atoms with Gasteiger partial charge in [0.15, 0.2) is 0 Å². The molecule has 0 saturated heterocycles. The summed E-state index contributed by atoms with van der Waals surface area (Å²) >= 11 is 0. The second kappa shape index (κ2) is 10.7. The number of nitrogens with zero attached hydrogens (tertiary/aromatic N) is 6. The van der Waals surface area contributed by atoms with Gasteiger partial charge in [-0.25, -0.2) is 14.4 Å². The van der Waals surface area contributed by atoms with Gasteiger partial charge in [0.1, 0.15) is 30.4 Å². The number of nitrogens with one attached hydrogen (secondary N) is 1. The minimum Gasteiger partial charge on any atom is -0.396 e. The van der Waals surface area contributed by atoms with Gasteiger partial charge in [-0.2, -0.15) is 5.10 Å². The van der Waals surface area contributed by atoms with Gasteiger partial charge in [-0.1, -0.05) is 17.3 Å². The molecule has 0 spiro atoms. The highest BCUT2D eigenvalue weighted by atomic mass is 19.1. The number of halogens is 1. The smallest absolute Gasteiger partial charge is 0.144 e. The van der Waals surface area contributed by atoms with Gasteiger partial charge in [0.05, 0.1) is 30.0 Å². The van der Waals surface area contributed by atoms with Gasteiger partial charge in [0, 0.05) is 17.6 Å². The van der Waals surface area contributed by atoms with Crippen molar-refractivity contribution in [3.05, 3.63) is 71.9 Å². The van der Waals surface area contributed by atoms with Crippen molar-refractivity contribution in [1.29, 1.82) is 0 Å². The topological polar surface area (TPSA) is 106 Å². The van der Waals surface area contributed by atoms with E-state index in [-0.39, 0.29) is 5.82 Å². The number of nitrogens with two attached hydrogens (primary N) is 1. The third-order valence-corrected chi connectivity index (χ3v) is 5.14. The molecule has 0 atom stereocenters. The van der Waals surface area contributed by atoms with Crippen molar-refractivity contribution >= 4 is 34.4 Å². The van der Waals surface area contributed by atoms with E-state index in [1.165, 1.54) is 24.7 Å². The Kier molecular flexibility index (Phi) is 7.28. The summed E-state index contributed by atoms with van der Waals surface area (Å²) < 4.78 is 15.4. The molecule has 0 fully saturated rings. The molecule has 3 N–H and O–H groups in total. The van der Waals surface area contributed by atoms with Crippen LogP contribution in [0, 0.1) is 5.82 Å². The molecule has 0 aliphatic carbocycles. The molecule has 9 nitrogen and oxygen atoms in total. The first-order valence-corrected chi connectivity index (χ1v) is 10.9. The summed E-state index contributed by atoms with van der Waals surface area (Å²) in [5.74, 6) is 0.546. The maximum absolute atomic E-state index is 13.5. The zero-order valence-corrected chi connectivity index (χ0v) is 19.1. The average molecular weight is 463 g/mol.